The van der Waals surface area contributed by atoms with Gasteiger partial charge in [-0.3, -0.25) is 0 Å². The molecule has 2 aliphatic rings. The lowest BCUT2D eigenvalue weighted by atomic mass is 9.61. The SMILES string of the molecule is CCC(C)[C@]1(C#N)CC[C@@H](C2CCCCC2)CC1. The van der Waals surface area contributed by atoms with E-state index >= 15 is 0 Å². The monoisotopic (exact) mass is 247 g/mol. The summed E-state index contributed by atoms with van der Waals surface area (Å²) in [7, 11) is 0. The maximum Gasteiger partial charge on any atom is 0.0692 e. The molecule has 1 unspecified atom stereocenters. The Morgan fingerprint density at radius 1 is 1.06 bits per heavy atom. The van der Waals surface area contributed by atoms with E-state index in [1.165, 1.54) is 57.8 Å². The van der Waals surface area contributed by atoms with Crippen LogP contribution in [0.3, 0.4) is 0 Å². The molecular formula is C17H29N. The van der Waals surface area contributed by atoms with Gasteiger partial charge < -0.3 is 0 Å². The quantitative estimate of drug-likeness (QED) is 0.662. The van der Waals surface area contributed by atoms with Crippen molar-refractivity contribution < 1.29 is 0 Å². The van der Waals surface area contributed by atoms with Crippen molar-refractivity contribution in [3.63, 3.8) is 0 Å². The van der Waals surface area contributed by atoms with Gasteiger partial charge in [0, 0.05) is 0 Å². The summed E-state index contributed by atoms with van der Waals surface area (Å²) in [4.78, 5) is 0. The molecule has 0 spiro atoms. The van der Waals surface area contributed by atoms with Crippen LogP contribution >= 0.6 is 0 Å². The highest BCUT2D eigenvalue weighted by Gasteiger charge is 2.40. The smallest absolute Gasteiger partial charge is 0.0692 e. The lowest BCUT2D eigenvalue weighted by Gasteiger charge is -2.42. The normalized spacial score (nSPS) is 35.9. The first kappa shape index (κ1) is 13.9. The average molecular weight is 247 g/mol. The van der Waals surface area contributed by atoms with Crippen molar-refractivity contribution in [3.8, 4) is 6.07 Å². The first-order chi connectivity index (χ1) is 8.72. The number of nitriles is 1. The Morgan fingerprint density at radius 2 is 1.61 bits per heavy atom. The highest BCUT2D eigenvalue weighted by atomic mass is 14.5. The van der Waals surface area contributed by atoms with E-state index in [1.54, 1.807) is 0 Å². The van der Waals surface area contributed by atoms with Crippen molar-refractivity contribution in [2.45, 2.75) is 78.1 Å². The molecule has 0 saturated heterocycles. The molecule has 0 aromatic rings. The minimum Gasteiger partial charge on any atom is -0.198 e. The maximum atomic E-state index is 9.59. The van der Waals surface area contributed by atoms with Crippen LogP contribution in [0.15, 0.2) is 0 Å². The molecule has 0 N–H and O–H groups in total. The van der Waals surface area contributed by atoms with Gasteiger partial charge in [0.05, 0.1) is 11.5 Å². The Balaban J connectivity index is 1.92. The van der Waals surface area contributed by atoms with Gasteiger partial charge in [0.1, 0.15) is 0 Å². The first-order valence-electron chi connectivity index (χ1n) is 8.13. The number of hydrogen-bond acceptors (Lipinski definition) is 1. The van der Waals surface area contributed by atoms with E-state index in [2.05, 4.69) is 19.9 Å². The van der Waals surface area contributed by atoms with Gasteiger partial charge in [0.25, 0.3) is 0 Å². The summed E-state index contributed by atoms with van der Waals surface area (Å²) in [5, 5.41) is 9.59. The molecule has 0 bridgehead atoms. The predicted octanol–water partition coefficient (Wildman–Crippen LogP) is 5.31. The molecule has 0 aliphatic heterocycles. The number of rotatable bonds is 3. The Kier molecular flexibility index (Phi) is 4.71. The molecule has 2 aliphatic carbocycles. The fourth-order valence-electron chi connectivity index (χ4n) is 4.34. The minimum atomic E-state index is 0.0138. The van der Waals surface area contributed by atoms with Crippen molar-refractivity contribution in [2.75, 3.05) is 0 Å². The Hall–Kier alpha value is -0.510. The van der Waals surface area contributed by atoms with Crippen LogP contribution in [0.2, 0.25) is 0 Å². The molecule has 0 amide bonds. The van der Waals surface area contributed by atoms with Gasteiger partial charge in [0.15, 0.2) is 0 Å². The van der Waals surface area contributed by atoms with Crippen LogP contribution in [-0.4, -0.2) is 0 Å². The summed E-state index contributed by atoms with van der Waals surface area (Å²) in [6.45, 7) is 4.52. The van der Waals surface area contributed by atoms with Gasteiger partial charge in [-0.25, -0.2) is 0 Å². The second kappa shape index (κ2) is 6.09. The highest BCUT2D eigenvalue weighted by molar-refractivity contribution is 5.04. The Morgan fingerprint density at radius 3 is 2.11 bits per heavy atom. The topological polar surface area (TPSA) is 23.8 Å². The van der Waals surface area contributed by atoms with Gasteiger partial charge in [-0.15, -0.1) is 0 Å². The average Bonchev–Trinajstić information content (AvgIpc) is 2.47. The van der Waals surface area contributed by atoms with E-state index in [0.717, 1.165) is 18.3 Å². The van der Waals surface area contributed by atoms with E-state index in [4.69, 9.17) is 0 Å². The molecule has 0 aromatic heterocycles. The molecule has 0 aromatic carbocycles. The minimum absolute atomic E-state index is 0.0138. The molecule has 2 rings (SSSR count). The summed E-state index contributed by atoms with van der Waals surface area (Å²) in [5.41, 5.74) is 0.0138. The largest absolute Gasteiger partial charge is 0.198 e. The fourth-order valence-corrected chi connectivity index (χ4v) is 4.34. The standard InChI is InChI=1S/C17H29N/c1-3-14(2)17(13-18)11-9-16(10-12-17)15-7-5-4-6-8-15/h14-16H,3-12H2,1-2H3/t14?,16-,17-. The van der Waals surface area contributed by atoms with Gasteiger partial charge in [-0.05, 0) is 43.4 Å². The van der Waals surface area contributed by atoms with Crippen LogP contribution in [0.25, 0.3) is 0 Å². The third kappa shape index (κ3) is 2.73. The van der Waals surface area contributed by atoms with Crippen molar-refractivity contribution >= 4 is 0 Å². The maximum absolute atomic E-state index is 9.59. The summed E-state index contributed by atoms with van der Waals surface area (Å²) in [6.07, 6.45) is 13.4. The molecule has 0 heterocycles. The van der Waals surface area contributed by atoms with Crippen LogP contribution in [0.1, 0.15) is 78.1 Å². The summed E-state index contributed by atoms with van der Waals surface area (Å²) < 4.78 is 0. The highest BCUT2D eigenvalue weighted by Crippen LogP contribution is 2.48. The fraction of sp³-hybridized carbons (Fsp3) is 0.941. The summed E-state index contributed by atoms with van der Waals surface area (Å²) in [5.74, 6) is 2.51. The van der Waals surface area contributed by atoms with Crippen LogP contribution < -0.4 is 0 Å². The van der Waals surface area contributed by atoms with Crippen molar-refractivity contribution in [1.29, 1.82) is 5.26 Å². The zero-order valence-corrected chi connectivity index (χ0v) is 12.3. The second-order valence-corrected chi connectivity index (χ2v) is 6.81. The van der Waals surface area contributed by atoms with E-state index in [0.29, 0.717) is 5.92 Å². The van der Waals surface area contributed by atoms with Crippen LogP contribution in [0.4, 0.5) is 0 Å². The van der Waals surface area contributed by atoms with Gasteiger partial charge in [-0.2, -0.15) is 5.26 Å². The zero-order chi connectivity index (χ0) is 13.0. The summed E-state index contributed by atoms with van der Waals surface area (Å²) >= 11 is 0. The van der Waals surface area contributed by atoms with E-state index in [1.807, 2.05) is 0 Å². The van der Waals surface area contributed by atoms with Crippen LogP contribution in [-0.2, 0) is 0 Å². The Labute approximate surface area is 113 Å². The van der Waals surface area contributed by atoms with E-state index < -0.39 is 0 Å². The Bertz CT molecular complexity index is 287. The number of nitrogens with zero attached hydrogens (tertiary/aromatic N) is 1. The first-order valence-corrected chi connectivity index (χ1v) is 8.13. The zero-order valence-electron chi connectivity index (χ0n) is 12.3. The molecular weight excluding hydrogens is 218 g/mol. The molecule has 2 saturated carbocycles. The molecule has 0 radical (unpaired) electrons. The predicted molar refractivity (Wildman–Crippen MR) is 76.0 cm³/mol. The van der Waals surface area contributed by atoms with Crippen molar-refractivity contribution in [1.82, 2.24) is 0 Å². The van der Waals surface area contributed by atoms with Crippen molar-refractivity contribution in [3.05, 3.63) is 0 Å². The lowest BCUT2D eigenvalue weighted by Crippen LogP contribution is -2.34. The van der Waals surface area contributed by atoms with E-state index in [-0.39, 0.29) is 5.41 Å². The van der Waals surface area contributed by atoms with Gasteiger partial charge >= 0.3 is 0 Å². The molecule has 1 nitrogen and oxygen atoms in total. The van der Waals surface area contributed by atoms with Gasteiger partial charge in [0.2, 0.25) is 0 Å². The third-order valence-electron chi connectivity index (χ3n) is 6.02. The lowest BCUT2D eigenvalue weighted by molar-refractivity contribution is 0.0984. The molecule has 1 atom stereocenters. The van der Waals surface area contributed by atoms with Gasteiger partial charge in [-0.1, -0.05) is 52.4 Å². The van der Waals surface area contributed by atoms with Crippen LogP contribution in [0, 0.1) is 34.5 Å². The van der Waals surface area contributed by atoms with E-state index in [9.17, 15) is 5.26 Å². The van der Waals surface area contributed by atoms with Crippen LogP contribution in [0.5, 0.6) is 0 Å². The third-order valence-corrected chi connectivity index (χ3v) is 6.02. The summed E-state index contributed by atoms with van der Waals surface area (Å²) in [6, 6.07) is 2.69. The molecule has 1 heteroatoms. The molecule has 18 heavy (non-hydrogen) atoms. The molecule has 2 fully saturated rings. The number of hydrogen-bond donors (Lipinski definition) is 0. The second-order valence-electron chi connectivity index (χ2n) is 6.81. The van der Waals surface area contributed by atoms with Crippen molar-refractivity contribution in [2.24, 2.45) is 23.2 Å². The molecule has 102 valence electrons.